The standard InChI is InChI=1S/C14H18ClN3O4.C8H16N2O2.C5H2Cl2N2O2/c1-2-22-14(19)17-7-5-10(6-8-17)9-11-12(18(20)21)3-4-13(15)16-11;1-2-12-8(11)10-5-3-7(9)4-6-10;6-4-2-1-3(9(10)11)5(7)8-4/h3-4,10H,2,5-9H2,1H3;7H,2-6,9H2,1H3;1-2H. The maximum atomic E-state index is 11.6. The summed E-state index contributed by atoms with van der Waals surface area (Å²) in [5.41, 5.74) is 5.86. The summed E-state index contributed by atoms with van der Waals surface area (Å²) in [6.45, 7) is 7.05. The molecule has 45 heavy (non-hydrogen) atoms. The first-order valence-electron chi connectivity index (χ1n) is 14.2. The topological polar surface area (TPSA) is 197 Å². The van der Waals surface area contributed by atoms with E-state index in [2.05, 4.69) is 9.97 Å². The van der Waals surface area contributed by atoms with Crippen LogP contribution in [0.1, 0.15) is 45.2 Å². The van der Waals surface area contributed by atoms with E-state index in [9.17, 15) is 29.8 Å². The molecule has 2 saturated heterocycles. The lowest BCUT2D eigenvalue weighted by Gasteiger charge is -2.31. The van der Waals surface area contributed by atoms with E-state index >= 15 is 0 Å². The summed E-state index contributed by atoms with van der Waals surface area (Å²) in [5, 5.41) is 21.4. The maximum Gasteiger partial charge on any atom is 0.409 e. The van der Waals surface area contributed by atoms with E-state index in [4.69, 9.17) is 50.0 Å². The highest BCUT2D eigenvalue weighted by molar-refractivity contribution is 6.33. The van der Waals surface area contributed by atoms with Crippen LogP contribution in [0.5, 0.6) is 0 Å². The number of ether oxygens (including phenoxy) is 2. The number of halogens is 3. The molecule has 0 atom stereocenters. The zero-order valence-electron chi connectivity index (χ0n) is 24.9. The Bertz CT molecular complexity index is 1310. The molecule has 0 aromatic carbocycles. The SMILES string of the molecule is CCOC(=O)N1CCC(Cc2nc(Cl)ccc2[N+](=O)[O-])CC1.CCOC(=O)N1CCC(N)CC1.O=[N+]([O-])c1ccc(Cl)nc1Cl. The van der Waals surface area contributed by atoms with Crippen LogP contribution in [0.25, 0.3) is 0 Å². The van der Waals surface area contributed by atoms with Gasteiger partial charge in [0.2, 0.25) is 5.15 Å². The van der Waals surface area contributed by atoms with Gasteiger partial charge in [-0.25, -0.2) is 19.6 Å². The molecule has 0 spiro atoms. The van der Waals surface area contributed by atoms with Gasteiger partial charge < -0.3 is 25.0 Å². The van der Waals surface area contributed by atoms with E-state index in [1.54, 1.807) is 16.7 Å². The number of hydrogen-bond acceptors (Lipinski definition) is 11. The Morgan fingerprint density at radius 2 is 1.27 bits per heavy atom. The van der Waals surface area contributed by atoms with Gasteiger partial charge in [-0.05, 0) is 64.0 Å². The summed E-state index contributed by atoms with van der Waals surface area (Å²) in [6, 6.07) is 5.59. The molecule has 2 amide bonds. The van der Waals surface area contributed by atoms with E-state index in [1.807, 2.05) is 6.92 Å². The van der Waals surface area contributed by atoms with Gasteiger partial charge in [-0.1, -0.05) is 34.8 Å². The molecule has 0 saturated carbocycles. The normalized spacial score (nSPS) is 15.2. The fraction of sp³-hybridized carbons (Fsp3) is 0.556. The highest BCUT2D eigenvalue weighted by atomic mass is 35.5. The highest BCUT2D eigenvalue weighted by Gasteiger charge is 2.27. The van der Waals surface area contributed by atoms with Crippen molar-refractivity contribution < 1.29 is 28.9 Å². The summed E-state index contributed by atoms with van der Waals surface area (Å²) in [5.74, 6) is 0.246. The van der Waals surface area contributed by atoms with Crippen LogP contribution in [0.2, 0.25) is 15.5 Å². The second-order valence-electron chi connectivity index (χ2n) is 9.91. The van der Waals surface area contributed by atoms with Crippen molar-refractivity contribution in [2.75, 3.05) is 39.4 Å². The third kappa shape index (κ3) is 12.8. The number of nitrogens with two attached hydrogens (primary N) is 1. The van der Waals surface area contributed by atoms with Crippen molar-refractivity contribution >= 4 is 58.4 Å². The molecule has 15 nitrogen and oxygen atoms in total. The average molecular weight is 693 g/mol. The number of nitro groups is 2. The van der Waals surface area contributed by atoms with Gasteiger partial charge in [-0.3, -0.25) is 20.2 Å². The van der Waals surface area contributed by atoms with Gasteiger partial charge >= 0.3 is 17.9 Å². The zero-order chi connectivity index (χ0) is 33.5. The second kappa shape index (κ2) is 19.1. The van der Waals surface area contributed by atoms with Crippen LogP contribution >= 0.6 is 34.8 Å². The van der Waals surface area contributed by atoms with E-state index in [-0.39, 0.29) is 51.0 Å². The lowest BCUT2D eigenvalue weighted by molar-refractivity contribution is -0.386. The first-order valence-corrected chi connectivity index (χ1v) is 15.3. The molecule has 4 rings (SSSR count). The summed E-state index contributed by atoms with van der Waals surface area (Å²) in [6.07, 6.45) is 3.30. The number of amides is 2. The Kier molecular flexibility index (Phi) is 16.0. The predicted octanol–water partition coefficient (Wildman–Crippen LogP) is 5.92. The number of carbonyl (C=O) groups excluding carboxylic acids is 2. The van der Waals surface area contributed by atoms with Gasteiger partial charge in [0.15, 0.2) is 0 Å². The Morgan fingerprint density at radius 3 is 1.71 bits per heavy atom. The zero-order valence-corrected chi connectivity index (χ0v) is 27.2. The fourth-order valence-electron chi connectivity index (χ4n) is 4.43. The minimum Gasteiger partial charge on any atom is -0.450 e. The Labute approximate surface area is 275 Å². The minimum absolute atomic E-state index is 0.00257. The van der Waals surface area contributed by atoms with Crippen LogP contribution in [0.15, 0.2) is 24.3 Å². The first-order chi connectivity index (χ1) is 21.4. The van der Waals surface area contributed by atoms with Crippen molar-refractivity contribution in [1.29, 1.82) is 0 Å². The molecule has 0 bridgehead atoms. The first kappa shape index (κ1) is 37.7. The Morgan fingerprint density at radius 1 is 0.822 bits per heavy atom. The van der Waals surface area contributed by atoms with Crippen LogP contribution in [0.3, 0.4) is 0 Å². The number of aromatic nitrogens is 2. The molecule has 248 valence electrons. The highest BCUT2D eigenvalue weighted by Crippen LogP contribution is 2.27. The number of hydrogen-bond donors (Lipinski definition) is 1. The molecule has 0 radical (unpaired) electrons. The molecular formula is C27H36Cl3N7O8. The lowest BCUT2D eigenvalue weighted by Crippen LogP contribution is -2.43. The van der Waals surface area contributed by atoms with Crippen molar-refractivity contribution in [2.24, 2.45) is 11.7 Å². The van der Waals surface area contributed by atoms with E-state index < -0.39 is 9.85 Å². The van der Waals surface area contributed by atoms with E-state index in [0.717, 1.165) is 38.8 Å². The number of likely N-dealkylation sites (tertiary alicyclic amines) is 2. The van der Waals surface area contributed by atoms with Crippen LogP contribution in [0, 0.1) is 26.1 Å². The fourth-order valence-corrected chi connectivity index (χ4v) is 5.01. The molecule has 2 aromatic heterocycles. The van der Waals surface area contributed by atoms with E-state index in [0.29, 0.717) is 38.4 Å². The molecule has 2 aliphatic rings. The molecule has 2 aliphatic heterocycles. The largest absolute Gasteiger partial charge is 0.450 e. The summed E-state index contributed by atoms with van der Waals surface area (Å²) in [4.78, 5) is 53.9. The van der Waals surface area contributed by atoms with Crippen LogP contribution in [-0.4, -0.2) is 87.2 Å². The number of carbonyl (C=O) groups is 2. The molecule has 2 aromatic rings. The molecule has 2 N–H and O–H groups in total. The lowest BCUT2D eigenvalue weighted by atomic mass is 9.91. The van der Waals surface area contributed by atoms with Crippen LogP contribution in [0.4, 0.5) is 21.0 Å². The summed E-state index contributed by atoms with van der Waals surface area (Å²) in [7, 11) is 0. The maximum absolute atomic E-state index is 11.6. The van der Waals surface area contributed by atoms with Crippen molar-refractivity contribution in [3.05, 3.63) is 65.6 Å². The molecule has 0 unspecified atom stereocenters. The second-order valence-corrected chi connectivity index (χ2v) is 11.0. The van der Waals surface area contributed by atoms with Crippen molar-refractivity contribution in [1.82, 2.24) is 19.8 Å². The number of piperidine rings is 2. The van der Waals surface area contributed by atoms with Gasteiger partial charge in [-0.15, -0.1) is 0 Å². The predicted molar refractivity (Wildman–Crippen MR) is 168 cm³/mol. The van der Waals surface area contributed by atoms with E-state index in [1.165, 1.54) is 24.3 Å². The third-order valence-electron chi connectivity index (χ3n) is 6.79. The average Bonchev–Trinajstić information content (AvgIpc) is 2.98. The van der Waals surface area contributed by atoms with Gasteiger partial charge in [0.1, 0.15) is 16.0 Å². The molecule has 4 heterocycles. The monoisotopic (exact) mass is 691 g/mol. The quantitative estimate of drug-likeness (QED) is 0.214. The molecule has 18 heteroatoms. The minimum atomic E-state index is -0.619. The van der Waals surface area contributed by atoms with Crippen LogP contribution in [-0.2, 0) is 15.9 Å². The number of nitrogens with zero attached hydrogens (tertiary/aromatic N) is 6. The smallest absolute Gasteiger partial charge is 0.409 e. The van der Waals surface area contributed by atoms with Gasteiger partial charge in [-0.2, -0.15) is 0 Å². The third-order valence-corrected chi connectivity index (χ3v) is 7.49. The van der Waals surface area contributed by atoms with Crippen LogP contribution < -0.4 is 5.73 Å². The molecular weight excluding hydrogens is 657 g/mol. The number of rotatable bonds is 6. The summed E-state index contributed by atoms with van der Waals surface area (Å²) < 4.78 is 9.83. The molecule has 2 fully saturated rings. The Balaban J connectivity index is 0.000000259. The van der Waals surface area contributed by atoms with Gasteiger partial charge in [0.25, 0.3) is 5.69 Å². The number of pyridine rings is 2. The summed E-state index contributed by atoms with van der Waals surface area (Å²) >= 11 is 16.6. The van der Waals surface area contributed by atoms with Gasteiger partial charge in [0, 0.05) is 44.4 Å². The molecule has 0 aliphatic carbocycles. The van der Waals surface area contributed by atoms with Crippen molar-refractivity contribution in [3.8, 4) is 0 Å². The van der Waals surface area contributed by atoms with Crippen molar-refractivity contribution in [3.63, 3.8) is 0 Å². The van der Waals surface area contributed by atoms with Gasteiger partial charge in [0.05, 0.1) is 23.1 Å². The Hall–Kier alpha value is -3.53. The van der Waals surface area contributed by atoms with Crippen molar-refractivity contribution in [2.45, 2.75) is 52.0 Å².